The van der Waals surface area contributed by atoms with Crippen molar-refractivity contribution in [2.75, 3.05) is 0 Å². The van der Waals surface area contributed by atoms with Gasteiger partial charge in [0, 0.05) is 5.56 Å². The molecule has 0 aliphatic heterocycles. The van der Waals surface area contributed by atoms with E-state index < -0.39 is 22.3 Å². The minimum Gasteiger partial charge on any atom is -0.204 e. The molecule has 0 aliphatic rings. The van der Waals surface area contributed by atoms with Crippen molar-refractivity contribution in [1.29, 1.82) is 0 Å². The molecule has 0 spiro atoms. The number of halogens is 4. The Bertz CT molecular complexity index is 621. The van der Waals surface area contributed by atoms with Crippen LogP contribution < -0.4 is 0 Å². The molecule has 0 aromatic heterocycles. The highest BCUT2D eigenvalue weighted by Gasteiger charge is 2.20. The highest BCUT2D eigenvalue weighted by Crippen LogP contribution is 2.33. The van der Waals surface area contributed by atoms with Crippen molar-refractivity contribution in [1.82, 2.24) is 0 Å². The summed E-state index contributed by atoms with van der Waals surface area (Å²) in [5, 5.41) is 0. The quantitative estimate of drug-likeness (QED) is 0.480. The van der Waals surface area contributed by atoms with E-state index in [0.29, 0.717) is 5.92 Å². The minimum atomic E-state index is -1.44. The first-order valence-electron chi connectivity index (χ1n) is 6.76. The number of hydrogen-bond donors (Lipinski definition) is 0. The van der Waals surface area contributed by atoms with Crippen LogP contribution in [0.2, 0.25) is 0 Å². The van der Waals surface area contributed by atoms with Crippen LogP contribution in [0.3, 0.4) is 0 Å². The van der Waals surface area contributed by atoms with Crippen molar-refractivity contribution in [3.63, 3.8) is 0 Å². The molecule has 0 aliphatic carbocycles. The molecule has 2 aromatic carbocycles. The molecule has 2 aromatic rings. The molecule has 0 nitrogen and oxygen atoms in total. The molecule has 2 rings (SSSR count). The van der Waals surface area contributed by atoms with Crippen molar-refractivity contribution >= 4 is 15.9 Å². The van der Waals surface area contributed by atoms with E-state index in [4.69, 9.17) is 0 Å². The van der Waals surface area contributed by atoms with Gasteiger partial charge in [0.25, 0.3) is 0 Å². The van der Waals surface area contributed by atoms with Gasteiger partial charge in [-0.3, -0.25) is 0 Å². The average molecular weight is 357 g/mol. The highest BCUT2D eigenvalue weighted by atomic mass is 79.9. The van der Waals surface area contributed by atoms with Gasteiger partial charge in [-0.05, 0) is 29.5 Å². The van der Waals surface area contributed by atoms with Gasteiger partial charge in [-0.15, -0.1) is 0 Å². The van der Waals surface area contributed by atoms with Crippen LogP contribution in [0.1, 0.15) is 35.4 Å². The van der Waals surface area contributed by atoms with Crippen LogP contribution in [0.5, 0.6) is 0 Å². The fraction of sp³-hybridized carbons (Fsp3) is 0.294. The van der Waals surface area contributed by atoms with E-state index in [2.05, 4.69) is 29.8 Å². The summed E-state index contributed by atoms with van der Waals surface area (Å²) in [5.74, 6) is -3.21. The summed E-state index contributed by atoms with van der Waals surface area (Å²) in [7, 11) is 0. The SMILES string of the molecule is CC(C)Cc1ccc(C(Br)c2ccc(F)c(F)c2F)cc1. The first-order valence-corrected chi connectivity index (χ1v) is 7.68. The number of benzene rings is 2. The van der Waals surface area contributed by atoms with Crippen molar-refractivity contribution in [2.24, 2.45) is 5.92 Å². The van der Waals surface area contributed by atoms with Gasteiger partial charge in [-0.2, -0.15) is 0 Å². The van der Waals surface area contributed by atoms with Gasteiger partial charge in [0.15, 0.2) is 17.5 Å². The van der Waals surface area contributed by atoms with E-state index in [9.17, 15) is 13.2 Å². The molecule has 21 heavy (non-hydrogen) atoms. The lowest BCUT2D eigenvalue weighted by atomic mass is 9.99. The van der Waals surface area contributed by atoms with E-state index in [0.717, 1.165) is 18.1 Å². The molecule has 0 fully saturated rings. The predicted molar refractivity (Wildman–Crippen MR) is 82.1 cm³/mol. The summed E-state index contributed by atoms with van der Waals surface area (Å²) in [6.07, 6.45) is 0.965. The Hall–Kier alpha value is -1.29. The largest absolute Gasteiger partial charge is 0.204 e. The molecule has 0 N–H and O–H groups in total. The maximum absolute atomic E-state index is 13.8. The monoisotopic (exact) mass is 356 g/mol. The third kappa shape index (κ3) is 3.67. The van der Waals surface area contributed by atoms with E-state index in [1.807, 2.05) is 24.3 Å². The Morgan fingerprint density at radius 3 is 2.10 bits per heavy atom. The second-order valence-corrected chi connectivity index (χ2v) is 6.38. The third-order valence-electron chi connectivity index (χ3n) is 3.25. The van der Waals surface area contributed by atoms with Crippen LogP contribution in [0.15, 0.2) is 36.4 Å². The first-order chi connectivity index (χ1) is 9.90. The molecule has 0 saturated carbocycles. The minimum absolute atomic E-state index is 0.0884. The summed E-state index contributed by atoms with van der Waals surface area (Å²) in [4.78, 5) is -0.513. The second kappa shape index (κ2) is 6.65. The lowest BCUT2D eigenvalue weighted by Gasteiger charge is -2.13. The first kappa shape index (κ1) is 16.1. The normalized spacial score (nSPS) is 12.7. The zero-order valence-electron chi connectivity index (χ0n) is 11.8. The van der Waals surface area contributed by atoms with Gasteiger partial charge in [0.1, 0.15) is 0 Å². The zero-order chi connectivity index (χ0) is 15.6. The van der Waals surface area contributed by atoms with E-state index in [-0.39, 0.29) is 5.56 Å². The Morgan fingerprint density at radius 2 is 1.52 bits per heavy atom. The molecular formula is C17H16BrF3. The topological polar surface area (TPSA) is 0 Å². The van der Waals surface area contributed by atoms with E-state index >= 15 is 0 Å². The molecule has 0 bridgehead atoms. The molecule has 0 saturated heterocycles. The Morgan fingerprint density at radius 1 is 0.905 bits per heavy atom. The van der Waals surface area contributed by atoms with Crippen molar-refractivity contribution in [2.45, 2.75) is 25.1 Å². The van der Waals surface area contributed by atoms with Gasteiger partial charge in [0.05, 0.1) is 4.83 Å². The number of rotatable bonds is 4. The van der Waals surface area contributed by atoms with Gasteiger partial charge >= 0.3 is 0 Å². The average Bonchev–Trinajstić information content (AvgIpc) is 2.44. The maximum atomic E-state index is 13.8. The van der Waals surface area contributed by atoms with Crippen LogP contribution >= 0.6 is 15.9 Å². The van der Waals surface area contributed by atoms with Crippen molar-refractivity contribution < 1.29 is 13.2 Å². The van der Waals surface area contributed by atoms with Crippen molar-refractivity contribution in [3.05, 3.63) is 70.5 Å². The lowest BCUT2D eigenvalue weighted by Crippen LogP contribution is -2.02. The fourth-order valence-electron chi connectivity index (χ4n) is 2.21. The van der Waals surface area contributed by atoms with Crippen LogP contribution in [0.25, 0.3) is 0 Å². The van der Waals surface area contributed by atoms with Crippen LogP contribution in [-0.4, -0.2) is 0 Å². The smallest absolute Gasteiger partial charge is 0.194 e. The molecule has 112 valence electrons. The zero-order valence-corrected chi connectivity index (χ0v) is 13.4. The highest BCUT2D eigenvalue weighted by molar-refractivity contribution is 9.09. The summed E-state index contributed by atoms with van der Waals surface area (Å²) in [6, 6.07) is 9.89. The molecule has 1 unspecified atom stereocenters. The van der Waals surface area contributed by atoms with Gasteiger partial charge in [0.2, 0.25) is 0 Å². The summed E-state index contributed by atoms with van der Waals surface area (Å²) in [5.41, 5.74) is 2.08. The van der Waals surface area contributed by atoms with Crippen molar-refractivity contribution in [3.8, 4) is 0 Å². The van der Waals surface area contributed by atoms with E-state index in [1.165, 1.54) is 11.6 Å². The third-order valence-corrected chi connectivity index (χ3v) is 4.28. The van der Waals surface area contributed by atoms with E-state index in [1.54, 1.807) is 0 Å². The summed E-state index contributed by atoms with van der Waals surface area (Å²) >= 11 is 3.35. The molecular weight excluding hydrogens is 341 g/mol. The maximum Gasteiger partial charge on any atom is 0.194 e. The van der Waals surface area contributed by atoms with Crippen LogP contribution in [0.4, 0.5) is 13.2 Å². The lowest BCUT2D eigenvalue weighted by molar-refractivity contribution is 0.442. The second-order valence-electron chi connectivity index (χ2n) is 5.47. The molecule has 0 amide bonds. The van der Waals surface area contributed by atoms with Gasteiger partial charge in [-0.25, -0.2) is 13.2 Å². The Labute approximate surface area is 131 Å². The summed E-state index contributed by atoms with van der Waals surface area (Å²) < 4.78 is 40.1. The fourth-order valence-corrected chi connectivity index (χ4v) is 2.87. The van der Waals surface area contributed by atoms with Crippen LogP contribution in [0, 0.1) is 23.4 Å². The molecule has 0 radical (unpaired) electrons. The number of hydrogen-bond acceptors (Lipinski definition) is 0. The van der Waals surface area contributed by atoms with Gasteiger partial charge in [-0.1, -0.05) is 60.1 Å². The summed E-state index contributed by atoms with van der Waals surface area (Å²) in [6.45, 7) is 4.27. The van der Waals surface area contributed by atoms with Gasteiger partial charge < -0.3 is 0 Å². The number of alkyl halides is 1. The Kier molecular flexibility index (Phi) is 5.09. The standard InChI is InChI=1S/C17H16BrF3/c1-10(2)9-11-3-5-12(6-4-11)15(18)13-7-8-14(19)17(21)16(13)20/h3-8,10,15H,9H2,1-2H3. The Balaban J connectivity index is 2.28. The molecule has 0 heterocycles. The molecule has 4 heteroatoms. The van der Waals surface area contributed by atoms with Crippen LogP contribution in [-0.2, 0) is 6.42 Å². The molecule has 1 atom stereocenters. The predicted octanol–water partition coefficient (Wildman–Crippen LogP) is 5.79.